The number of nitrogens with one attached hydrogen (secondary N) is 1. The molecule has 3 N–H and O–H groups in total. The Morgan fingerprint density at radius 1 is 1.60 bits per heavy atom. The lowest BCUT2D eigenvalue weighted by Gasteiger charge is -1.97. The zero-order chi connectivity index (χ0) is 10.8. The third-order valence-electron chi connectivity index (χ3n) is 2.21. The van der Waals surface area contributed by atoms with Gasteiger partial charge < -0.3 is 10.5 Å². The van der Waals surface area contributed by atoms with Crippen molar-refractivity contribution in [3.8, 4) is 0 Å². The van der Waals surface area contributed by atoms with E-state index in [1.807, 2.05) is 6.07 Å². The van der Waals surface area contributed by atoms with Crippen LogP contribution in [0.2, 0.25) is 0 Å². The fraction of sp³-hybridized carbons (Fsp3) is 0.200. The van der Waals surface area contributed by atoms with Crippen molar-refractivity contribution in [2.45, 2.75) is 6.42 Å². The summed E-state index contributed by atoms with van der Waals surface area (Å²) >= 11 is 0. The standard InChI is InChI=1S/C10H11N3O2/c1-15-10(14)5-9-7-4-6(11)2-3-8(7)12-13-9/h2-4H,5,11H2,1H3,(H,12,13). The monoisotopic (exact) mass is 205 g/mol. The average Bonchev–Trinajstić information content (AvgIpc) is 2.61. The molecule has 0 saturated carbocycles. The number of nitrogen functional groups attached to an aromatic ring is 1. The number of ether oxygens (including phenoxy) is 1. The van der Waals surface area contributed by atoms with Crippen LogP contribution in [0, 0.1) is 0 Å². The molecule has 0 radical (unpaired) electrons. The number of benzene rings is 1. The number of aromatic nitrogens is 2. The van der Waals surface area contributed by atoms with E-state index in [1.165, 1.54) is 7.11 Å². The van der Waals surface area contributed by atoms with E-state index in [0.717, 1.165) is 16.6 Å². The summed E-state index contributed by atoms with van der Waals surface area (Å²) < 4.78 is 4.58. The first kappa shape index (κ1) is 9.51. The molecule has 0 aliphatic rings. The zero-order valence-electron chi connectivity index (χ0n) is 8.28. The molecular weight excluding hydrogens is 194 g/mol. The maximum atomic E-state index is 11.1. The first-order valence-electron chi connectivity index (χ1n) is 4.50. The van der Waals surface area contributed by atoms with E-state index in [1.54, 1.807) is 12.1 Å². The number of nitrogens with zero attached hydrogens (tertiary/aromatic N) is 1. The fourth-order valence-electron chi connectivity index (χ4n) is 1.43. The van der Waals surface area contributed by atoms with Crippen LogP contribution in [0.4, 0.5) is 5.69 Å². The summed E-state index contributed by atoms with van der Waals surface area (Å²) in [5.74, 6) is -0.303. The molecular formula is C10H11N3O2. The number of fused-ring (bicyclic) bond motifs is 1. The van der Waals surface area contributed by atoms with Gasteiger partial charge in [0.1, 0.15) is 0 Å². The van der Waals surface area contributed by atoms with Crippen molar-refractivity contribution in [3.63, 3.8) is 0 Å². The highest BCUT2D eigenvalue weighted by Crippen LogP contribution is 2.19. The highest BCUT2D eigenvalue weighted by Gasteiger charge is 2.09. The minimum Gasteiger partial charge on any atom is -0.469 e. The third-order valence-corrected chi connectivity index (χ3v) is 2.21. The van der Waals surface area contributed by atoms with Crippen molar-refractivity contribution in [2.24, 2.45) is 0 Å². The van der Waals surface area contributed by atoms with Crippen LogP contribution < -0.4 is 5.73 Å². The number of hydrogen-bond acceptors (Lipinski definition) is 4. The Morgan fingerprint density at radius 3 is 3.13 bits per heavy atom. The molecule has 78 valence electrons. The summed E-state index contributed by atoms with van der Waals surface area (Å²) in [7, 11) is 1.36. The van der Waals surface area contributed by atoms with E-state index in [4.69, 9.17) is 5.73 Å². The van der Waals surface area contributed by atoms with Gasteiger partial charge in [0.25, 0.3) is 0 Å². The second-order valence-electron chi connectivity index (χ2n) is 3.23. The SMILES string of the molecule is COC(=O)Cc1[nH]nc2ccc(N)cc12. The van der Waals surface area contributed by atoms with E-state index in [9.17, 15) is 4.79 Å². The molecule has 0 unspecified atom stereocenters. The normalized spacial score (nSPS) is 10.5. The van der Waals surface area contributed by atoms with E-state index < -0.39 is 0 Å². The highest BCUT2D eigenvalue weighted by molar-refractivity contribution is 5.87. The van der Waals surface area contributed by atoms with Crippen LogP contribution in [-0.2, 0) is 16.0 Å². The van der Waals surface area contributed by atoms with Gasteiger partial charge in [-0.05, 0) is 18.2 Å². The molecule has 0 bridgehead atoms. The molecule has 5 heteroatoms. The van der Waals surface area contributed by atoms with Crippen molar-refractivity contribution in [2.75, 3.05) is 12.8 Å². The summed E-state index contributed by atoms with van der Waals surface area (Å²) in [5.41, 5.74) is 7.83. The van der Waals surface area contributed by atoms with Crippen molar-refractivity contribution < 1.29 is 9.53 Å². The number of esters is 1. The van der Waals surface area contributed by atoms with Gasteiger partial charge in [-0.15, -0.1) is 0 Å². The number of carbonyl (C=O) groups is 1. The number of hydrogen-bond donors (Lipinski definition) is 2. The molecule has 0 aliphatic heterocycles. The number of rotatable bonds is 2. The third kappa shape index (κ3) is 1.76. The van der Waals surface area contributed by atoms with Gasteiger partial charge in [0.15, 0.2) is 0 Å². The number of methoxy groups -OCH3 is 1. The molecule has 1 aromatic heterocycles. The molecule has 2 rings (SSSR count). The number of anilines is 1. The van der Waals surface area contributed by atoms with Crippen molar-refractivity contribution in [1.29, 1.82) is 0 Å². The predicted octanol–water partition coefficient (Wildman–Crippen LogP) is 0.861. The molecule has 15 heavy (non-hydrogen) atoms. The van der Waals surface area contributed by atoms with Crippen LogP contribution in [0.1, 0.15) is 5.69 Å². The Labute approximate surface area is 86.2 Å². The summed E-state index contributed by atoms with van der Waals surface area (Å²) in [6.07, 6.45) is 0.177. The largest absolute Gasteiger partial charge is 0.469 e. The zero-order valence-corrected chi connectivity index (χ0v) is 8.28. The van der Waals surface area contributed by atoms with Crippen LogP contribution in [-0.4, -0.2) is 23.3 Å². The fourth-order valence-corrected chi connectivity index (χ4v) is 1.43. The second kappa shape index (κ2) is 3.61. The Bertz CT molecular complexity index is 504. The van der Waals surface area contributed by atoms with Gasteiger partial charge in [0.2, 0.25) is 0 Å². The van der Waals surface area contributed by atoms with Crippen LogP contribution >= 0.6 is 0 Å². The maximum absolute atomic E-state index is 11.1. The molecule has 0 saturated heterocycles. The maximum Gasteiger partial charge on any atom is 0.311 e. The van der Waals surface area contributed by atoms with Gasteiger partial charge in [-0.25, -0.2) is 0 Å². The van der Waals surface area contributed by atoms with Gasteiger partial charge in [-0.2, -0.15) is 5.10 Å². The Balaban J connectivity index is 2.43. The minimum absolute atomic E-state index is 0.177. The van der Waals surface area contributed by atoms with Gasteiger partial charge in [-0.3, -0.25) is 9.89 Å². The summed E-state index contributed by atoms with van der Waals surface area (Å²) in [4.78, 5) is 11.1. The molecule has 1 aromatic carbocycles. The van der Waals surface area contributed by atoms with Crippen molar-refractivity contribution in [3.05, 3.63) is 23.9 Å². The molecule has 0 amide bonds. The number of H-pyrrole nitrogens is 1. The summed E-state index contributed by atoms with van der Waals surface area (Å²) in [6, 6.07) is 5.37. The molecule has 0 aliphatic carbocycles. The van der Waals surface area contributed by atoms with Crippen molar-refractivity contribution >= 4 is 22.6 Å². The van der Waals surface area contributed by atoms with Gasteiger partial charge >= 0.3 is 5.97 Å². The van der Waals surface area contributed by atoms with Crippen LogP contribution in [0.3, 0.4) is 0 Å². The number of aromatic amines is 1. The summed E-state index contributed by atoms with van der Waals surface area (Å²) in [5, 5.41) is 7.72. The van der Waals surface area contributed by atoms with E-state index in [-0.39, 0.29) is 12.4 Å². The molecule has 0 spiro atoms. The van der Waals surface area contributed by atoms with Crippen LogP contribution in [0.25, 0.3) is 10.9 Å². The second-order valence-corrected chi connectivity index (χ2v) is 3.23. The number of nitrogens with two attached hydrogens (primary N) is 1. The molecule has 5 nitrogen and oxygen atoms in total. The van der Waals surface area contributed by atoms with E-state index in [2.05, 4.69) is 14.9 Å². The first-order valence-corrected chi connectivity index (χ1v) is 4.50. The Morgan fingerprint density at radius 2 is 2.40 bits per heavy atom. The number of carbonyl (C=O) groups excluding carboxylic acids is 1. The lowest BCUT2D eigenvalue weighted by molar-refractivity contribution is -0.139. The highest BCUT2D eigenvalue weighted by atomic mass is 16.5. The lowest BCUT2D eigenvalue weighted by Crippen LogP contribution is -2.05. The van der Waals surface area contributed by atoms with Gasteiger partial charge in [0.05, 0.1) is 24.7 Å². The topological polar surface area (TPSA) is 81.0 Å². The minimum atomic E-state index is -0.303. The molecule has 2 aromatic rings. The van der Waals surface area contributed by atoms with Gasteiger partial charge in [0, 0.05) is 11.1 Å². The molecule has 0 atom stereocenters. The Kier molecular flexibility index (Phi) is 2.29. The van der Waals surface area contributed by atoms with Crippen molar-refractivity contribution in [1.82, 2.24) is 10.2 Å². The molecule has 1 heterocycles. The quantitative estimate of drug-likeness (QED) is 0.562. The van der Waals surface area contributed by atoms with E-state index in [0.29, 0.717) is 5.69 Å². The van der Waals surface area contributed by atoms with Crippen LogP contribution in [0.5, 0.6) is 0 Å². The average molecular weight is 205 g/mol. The molecule has 0 fully saturated rings. The van der Waals surface area contributed by atoms with Gasteiger partial charge in [-0.1, -0.05) is 0 Å². The Hall–Kier alpha value is -2.04. The smallest absolute Gasteiger partial charge is 0.311 e. The first-order chi connectivity index (χ1) is 7.20. The van der Waals surface area contributed by atoms with E-state index >= 15 is 0 Å². The predicted molar refractivity (Wildman–Crippen MR) is 56.2 cm³/mol. The summed E-state index contributed by atoms with van der Waals surface area (Å²) in [6.45, 7) is 0. The lowest BCUT2D eigenvalue weighted by atomic mass is 10.1. The van der Waals surface area contributed by atoms with Crippen LogP contribution in [0.15, 0.2) is 18.2 Å².